The van der Waals surface area contributed by atoms with Crippen LogP contribution in [0.2, 0.25) is 0 Å². The molecule has 0 aliphatic heterocycles. The van der Waals surface area contributed by atoms with Crippen LogP contribution in [0, 0.1) is 0 Å². The molecule has 1 atom stereocenters. The van der Waals surface area contributed by atoms with Gasteiger partial charge in [0.2, 0.25) is 0 Å². The summed E-state index contributed by atoms with van der Waals surface area (Å²) in [6.45, 7) is 10.3. The Kier molecular flexibility index (Phi) is 6.53. The number of carboxylic acid groups (broad SMARTS) is 1. The van der Waals surface area contributed by atoms with Gasteiger partial charge in [-0.05, 0) is 12.5 Å². The van der Waals surface area contributed by atoms with Gasteiger partial charge in [-0.3, -0.25) is 0 Å². The number of allylic oxidation sites excluding steroid dienone is 1. The van der Waals surface area contributed by atoms with E-state index in [1.165, 1.54) is 0 Å². The zero-order chi connectivity index (χ0) is 13.5. The fourth-order valence-corrected chi connectivity index (χ4v) is 1.35. The number of rotatable bonds is 9. The smallest absolute Gasteiger partial charge is 0.359 e. The fraction of sp³-hybridized carbons (Fsp3) is 0.583. The van der Waals surface area contributed by atoms with Gasteiger partial charge in [0, 0.05) is 0 Å². The summed E-state index contributed by atoms with van der Waals surface area (Å²) in [5.74, 6) is -0.379. The molecule has 0 aromatic rings. The zero-order valence-electron chi connectivity index (χ0n) is 10.6. The van der Waals surface area contributed by atoms with Crippen molar-refractivity contribution in [2.45, 2.75) is 6.92 Å². The Labute approximate surface area is 102 Å². The number of quaternary nitrogens is 1. The number of ether oxygens (including phenoxy) is 1. The van der Waals surface area contributed by atoms with Crippen LogP contribution in [-0.2, 0) is 9.53 Å². The molecule has 5 nitrogen and oxygen atoms in total. The Morgan fingerprint density at radius 2 is 1.94 bits per heavy atom. The van der Waals surface area contributed by atoms with Gasteiger partial charge < -0.3 is 19.4 Å². The second-order valence-electron chi connectivity index (χ2n) is 4.39. The molecule has 0 aromatic heterocycles. The Hall–Kier alpha value is -1.33. The van der Waals surface area contributed by atoms with Crippen molar-refractivity contribution in [3.8, 4) is 0 Å². The first-order chi connectivity index (χ1) is 7.80. The first kappa shape index (κ1) is 15.7. The van der Waals surface area contributed by atoms with Crippen LogP contribution in [0.4, 0.5) is 0 Å². The van der Waals surface area contributed by atoms with Gasteiger partial charge in [-0.1, -0.05) is 13.2 Å². The second-order valence-corrected chi connectivity index (χ2v) is 4.39. The molecule has 0 aliphatic carbocycles. The Morgan fingerprint density at radius 1 is 1.35 bits per heavy atom. The number of aliphatic hydroxyl groups excluding tert-OH is 1. The minimum absolute atomic E-state index is 0.0382. The summed E-state index contributed by atoms with van der Waals surface area (Å²) in [6.07, 6.45) is 0. The molecule has 0 bridgehead atoms. The SMILES string of the molecule is C=C(C)C(=C)OCC[N+](C)(CCO)CC(=O)O. The minimum Gasteiger partial charge on any atom is -0.488 e. The third kappa shape index (κ3) is 6.76. The summed E-state index contributed by atoms with van der Waals surface area (Å²) in [5.41, 5.74) is 0.750. The van der Waals surface area contributed by atoms with Gasteiger partial charge in [0.1, 0.15) is 25.5 Å². The van der Waals surface area contributed by atoms with E-state index in [0.29, 0.717) is 25.5 Å². The van der Waals surface area contributed by atoms with Crippen molar-refractivity contribution in [3.05, 3.63) is 24.5 Å². The van der Waals surface area contributed by atoms with Gasteiger partial charge in [0.25, 0.3) is 0 Å². The molecule has 0 spiro atoms. The largest absolute Gasteiger partial charge is 0.488 e. The van der Waals surface area contributed by atoms with E-state index in [1.54, 1.807) is 14.0 Å². The summed E-state index contributed by atoms with van der Waals surface area (Å²) in [5, 5.41) is 17.7. The van der Waals surface area contributed by atoms with Gasteiger partial charge in [-0.15, -0.1) is 0 Å². The number of nitrogens with zero attached hydrogens (tertiary/aromatic N) is 1. The lowest BCUT2D eigenvalue weighted by molar-refractivity contribution is -0.903. The maximum atomic E-state index is 10.7. The maximum absolute atomic E-state index is 10.7. The molecule has 98 valence electrons. The third-order valence-corrected chi connectivity index (χ3v) is 2.54. The number of carboxylic acids is 1. The Balaban J connectivity index is 4.21. The van der Waals surface area contributed by atoms with Crippen molar-refractivity contribution in [1.82, 2.24) is 0 Å². The number of likely N-dealkylation sites (N-methyl/N-ethyl adjacent to an activating group) is 1. The predicted octanol–water partition coefficient (Wildman–Crippen LogP) is 0.616. The van der Waals surface area contributed by atoms with Crippen LogP contribution in [0.3, 0.4) is 0 Å². The molecule has 0 heterocycles. The van der Waals surface area contributed by atoms with Gasteiger partial charge >= 0.3 is 5.97 Å². The molecule has 0 fully saturated rings. The molecule has 0 aromatic carbocycles. The van der Waals surface area contributed by atoms with Gasteiger partial charge in [-0.2, -0.15) is 0 Å². The summed E-state index contributed by atoms with van der Waals surface area (Å²) in [7, 11) is 1.78. The van der Waals surface area contributed by atoms with E-state index >= 15 is 0 Å². The first-order valence-electron chi connectivity index (χ1n) is 5.44. The van der Waals surface area contributed by atoms with Crippen molar-refractivity contribution >= 4 is 5.97 Å². The highest BCUT2D eigenvalue weighted by molar-refractivity contribution is 5.67. The number of aliphatic carboxylic acids is 1. The predicted molar refractivity (Wildman–Crippen MR) is 65.4 cm³/mol. The molecular formula is C12H22NO4+. The lowest BCUT2D eigenvalue weighted by Gasteiger charge is -2.32. The first-order valence-corrected chi connectivity index (χ1v) is 5.44. The molecule has 0 amide bonds. The molecule has 0 rings (SSSR count). The highest BCUT2D eigenvalue weighted by Gasteiger charge is 2.24. The van der Waals surface area contributed by atoms with Gasteiger partial charge in [-0.25, -0.2) is 4.79 Å². The standard InChI is InChI=1S/C12H21NO4/c1-10(2)11(3)17-8-6-13(4,5-7-14)9-12(15)16/h14H,1,3,5-9H2,2,4H3/p+1. The molecule has 1 unspecified atom stereocenters. The van der Waals surface area contributed by atoms with E-state index in [-0.39, 0.29) is 17.6 Å². The van der Waals surface area contributed by atoms with Crippen LogP contribution in [0.15, 0.2) is 24.5 Å². The number of hydrogen-bond donors (Lipinski definition) is 2. The van der Waals surface area contributed by atoms with Crippen LogP contribution in [0.25, 0.3) is 0 Å². The molecule has 5 heteroatoms. The molecule has 2 N–H and O–H groups in total. The molecule has 0 saturated carbocycles. The van der Waals surface area contributed by atoms with E-state index in [4.69, 9.17) is 14.9 Å². The summed E-state index contributed by atoms with van der Waals surface area (Å²) >= 11 is 0. The number of aliphatic hydroxyl groups is 1. The lowest BCUT2D eigenvalue weighted by atomic mass is 10.3. The molecule has 0 radical (unpaired) electrons. The lowest BCUT2D eigenvalue weighted by Crippen LogP contribution is -2.51. The topological polar surface area (TPSA) is 66.8 Å². The van der Waals surface area contributed by atoms with Crippen molar-refractivity contribution in [3.63, 3.8) is 0 Å². The average molecular weight is 244 g/mol. The molecular weight excluding hydrogens is 222 g/mol. The fourth-order valence-electron chi connectivity index (χ4n) is 1.35. The molecule has 0 aliphatic rings. The summed E-state index contributed by atoms with van der Waals surface area (Å²) in [6, 6.07) is 0. The Bertz CT molecular complexity index is 301. The van der Waals surface area contributed by atoms with Crippen molar-refractivity contribution in [2.24, 2.45) is 0 Å². The van der Waals surface area contributed by atoms with Crippen LogP contribution < -0.4 is 0 Å². The average Bonchev–Trinajstić information content (AvgIpc) is 2.15. The van der Waals surface area contributed by atoms with Crippen molar-refractivity contribution < 1.29 is 24.2 Å². The maximum Gasteiger partial charge on any atom is 0.359 e. The molecule has 0 saturated heterocycles. The van der Waals surface area contributed by atoms with Crippen LogP contribution in [-0.4, -0.2) is 60.6 Å². The van der Waals surface area contributed by atoms with E-state index < -0.39 is 5.97 Å². The van der Waals surface area contributed by atoms with Crippen LogP contribution in [0.5, 0.6) is 0 Å². The quantitative estimate of drug-likeness (QED) is 0.354. The van der Waals surface area contributed by atoms with E-state index in [1.807, 2.05) is 0 Å². The number of hydrogen-bond acceptors (Lipinski definition) is 3. The zero-order valence-corrected chi connectivity index (χ0v) is 10.6. The van der Waals surface area contributed by atoms with Crippen LogP contribution in [0.1, 0.15) is 6.92 Å². The van der Waals surface area contributed by atoms with E-state index in [0.717, 1.165) is 5.57 Å². The third-order valence-electron chi connectivity index (χ3n) is 2.54. The van der Waals surface area contributed by atoms with Crippen molar-refractivity contribution in [1.29, 1.82) is 0 Å². The summed E-state index contributed by atoms with van der Waals surface area (Å²) in [4.78, 5) is 10.7. The second kappa shape index (κ2) is 7.09. The molecule has 17 heavy (non-hydrogen) atoms. The number of carbonyl (C=O) groups is 1. The van der Waals surface area contributed by atoms with E-state index in [2.05, 4.69) is 13.2 Å². The minimum atomic E-state index is -0.889. The van der Waals surface area contributed by atoms with Gasteiger partial charge in [0.05, 0.1) is 13.7 Å². The van der Waals surface area contributed by atoms with Gasteiger partial charge in [0.15, 0.2) is 6.54 Å². The highest BCUT2D eigenvalue weighted by atomic mass is 16.5. The summed E-state index contributed by atoms with van der Waals surface area (Å²) < 4.78 is 5.57. The van der Waals surface area contributed by atoms with Crippen molar-refractivity contribution in [2.75, 3.05) is 39.9 Å². The normalized spacial score (nSPS) is 13.8. The monoisotopic (exact) mass is 244 g/mol. The highest BCUT2D eigenvalue weighted by Crippen LogP contribution is 2.07. The van der Waals surface area contributed by atoms with E-state index in [9.17, 15) is 4.79 Å². The Morgan fingerprint density at radius 3 is 2.35 bits per heavy atom. The van der Waals surface area contributed by atoms with Crippen LogP contribution >= 0.6 is 0 Å².